The first kappa shape index (κ1) is 17.7. The Hall–Kier alpha value is -2.65. The number of amides is 1. The van der Waals surface area contributed by atoms with Crippen molar-refractivity contribution in [3.05, 3.63) is 41.2 Å². The third-order valence-electron chi connectivity index (χ3n) is 3.07. The van der Waals surface area contributed by atoms with E-state index < -0.39 is 24.4 Å². The molecular weight excluding hydrogens is 337 g/mol. The van der Waals surface area contributed by atoms with Gasteiger partial charge in [-0.25, -0.2) is 0 Å². The predicted octanol–water partition coefficient (Wildman–Crippen LogP) is 3.60. The van der Waals surface area contributed by atoms with Crippen LogP contribution in [0.4, 0.5) is 27.6 Å². The molecule has 1 N–H and O–H groups in total. The number of carbonyl (C=O) groups excluding carboxylic acids is 1. The lowest BCUT2D eigenvalue weighted by atomic mass is 10.2. The molecule has 0 aliphatic rings. The quantitative estimate of drug-likeness (QED) is 0.858. The molecule has 1 aromatic heterocycles. The van der Waals surface area contributed by atoms with Crippen molar-refractivity contribution in [2.75, 3.05) is 5.32 Å². The van der Waals surface area contributed by atoms with Crippen molar-refractivity contribution in [3.8, 4) is 5.75 Å². The van der Waals surface area contributed by atoms with E-state index in [1.807, 2.05) is 0 Å². The van der Waals surface area contributed by atoms with Crippen LogP contribution < -0.4 is 10.1 Å². The lowest BCUT2D eigenvalue weighted by Crippen LogP contribution is -2.16. The van der Waals surface area contributed by atoms with Gasteiger partial charge < -0.3 is 10.1 Å². The molecule has 130 valence electrons. The maximum atomic E-state index is 12.6. The number of alkyl halides is 5. The van der Waals surface area contributed by atoms with E-state index in [0.717, 1.165) is 4.68 Å². The van der Waals surface area contributed by atoms with Crippen LogP contribution in [0.1, 0.15) is 21.7 Å². The van der Waals surface area contributed by atoms with Crippen molar-refractivity contribution in [3.63, 3.8) is 0 Å². The van der Waals surface area contributed by atoms with Crippen molar-refractivity contribution in [2.45, 2.75) is 19.7 Å². The predicted molar refractivity (Wildman–Crippen MR) is 74.0 cm³/mol. The van der Waals surface area contributed by atoms with Gasteiger partial charge in [0.15, 0.2) is 5.69 Å². The molecule has 0 fully saturated rings. The van der Waals surface area contributed by atoms with E-state index in [9.17, 15) is 26.7 Å². The second-order valence-electron chi connectivity index (χ2n) is 4.85. The third-order valence-corrected chi connectivity index (χ3v) is 3.07. The maximum Gasteiger partial charge on any atom is 0.435 e. The summed E-state index contributed by atoms with van der Waals surface area (Å²) in [7, 11) is 1.20. The second-order valence-corrected chi connectivity index (χ2v) is 4.85. The lowest BCUT2D eigenvalue weighted by Gasteiger charge is -2.11. The molecule has 0 bridgehead atoms. The summed E-state index contributed by atoms with van der Waals surface area (Å²) in [6.07, 6.45) is -4.67. The summed E-state index contributed by atoms with van der Waals surface area (Å²) >= 11 is 0. The maximum absolute atomic E-state index is 12.6. The number of aryl methyl sites for hydroxylation is 2. The minimum Gasteiger partial charge on any atom is -0.435 e. The van der Waals surface area contributed by atoms with Crippen molar-refractivity contribution in [2.24, 2.45) is 7.05 Å². The van der Waals surface area contributed by atoms with Crippen LogP contribution in [0.25, 0.3) is 0 Å². The molecule has 5 nitrogen and oxygen atoms in total. The molecular formula is C14H12F5N3O2. The molecule has 0 unspecified atom stereocenters. The molecule has 2 rings (SSSR count). The van der Waals surface area contributed by atoms with Gasteiger partial charge >= 0.3 is 12.8 Å². The van der Waals surface area contributed by atoms with Crippen LogP contribution in [0.2, 0.25) is 0 Å². The van der Waals surface area contributed by atoms with E-state index in [1.165, 1.54) is 32.2 Å². The lowest BCUT2D eigenvalue weighted by molar-refractivity contribution is -0.141. The number of anilines is 1. The van der Waals surface area contributed by atoms with E-state index in [4.69, 9.17) is 0 Å². The molecule has 0 aliphatic heterocycles. The van der Waals surface area contributed by atoms with Gasteiger partial charge in [-0.1, -0.05) is 0 Å². The molecule has 1 heterocycles. The van der Waals surface area contributed by atoms with Crippen LogP contribution in [-0.2, 0) is 13.2 Å². The first-order valence-corrected chi connectivity index (χ1v) is 6.56. The van der Waals surface area contributed by atoms with E-state index >= 15 is 0 Å². The fourth-order valence-corrected chi connectivity index (χ4v) is 1.96. The van der Waals surface area contributed by atoms with E-state index in [0.29, 0.717) is 11.6 Å². The summed E-state index contributed by atoms with van der Waals surface area (Å²) in [5.74, 6) is -0.911. The van der Waals surface area contributed by atoms with Crippen LogP contribution in [-0.4, -0.2) is 22.3 Å². The summed E-state index contributed by atoms with van der Waals surface area (Å²) in [5, 5.41) is 5.64. The van der Waals surface area contributed by atoms with Crippen LogP contribution in [0.5, 0.6) is 5.75 Å². The number of hydrogen-bond acceptors (Lipinski definition) is 3. The zero-order valence-electron chi connectivity index (χ0n) is 12.5. The van der Waals surface area contributed by atoms with Gasteiger partial charge in [-0.2, -0.15) is 27.1 Å². The highest BCUT2D eigenvalue weighted by Gasteiger charge is 2.35. The highest BCUT2D eigenvalue weighted by atomic mass is 19.4. The normalized spacial score (nSPS) is 11.7. The number of hydrogen-bond donors (Lipinski definition) is 1. The zero-order chi connectivity index (χ0) is 18.1. The Morgan fingerprint density at radius 3 is 2.46 bits per heavy atom. The molecule has 0 aliphatic carbocycles. The molecule has 0 radical (unpaired) electrons. The second kappa shape index (κ2) is 6.46. The molecule has 1 aromatic carbocycles. The number of carbonyl (C=O) groups is 1. The largest absolute Gasteiger partial charge is 0.435 e. The van der Waals surface area contributed by atoms with Gasteiger partial charge in [0.25, 0.3) is 5.91 Å². The van der Waals surface area contributed by atoms with E-state index in [-0.39, 0.29) is 17.1 Å². The molecule has 0 spiro atoms. The summed E-state index contributed by atoms with van der Waals surface area (Å²) < 4.78 is 67.1. The summed E-state index contributed by atoms with van der Waals surface area (Å²) in [4.78, 5) is 12.1. The number of aromatic nitrogens is 2. The molecule has 2 aromatic rings. The first-order valence-electron chi connectivity index (χ1n) is 6.56. The summed E-state index contributed by atoms with van der Waals surface area (Å²) in [6.45, 7) is -1.46. The topological polar surface area (TPSA) is 56.1 Å². The van der Waals surface area contributed by atoms with Gasteiger partial charge in [-0.3, -0.25) is 9.48 Å². The molecule has 0 atom stereocenters. The Morgan fingerprint density at radius 2 is 1.96 bits per heavy atom. The molecule has 0 saturated carbocycles. The Kier molecular flexibility index (Phi) is 4.76. The van der Waals surface area contributed by atoms with Gasteiger partial charge in [0.1, 0.15) is 11.4 Å². The fourth-order valence-electron chi connectivity index (χ4n) is 1.96. The van der Waals surface area contributed by atoms with Crippen molar-refractivity contribution < 1.29 is 31.5 Å². The average Bonchev–Trinajstić information content (AvgIpc) is 2.83. The molecule has 0 saturated heterocycles. The number of benzene rings is 1. The van der Waals surface area contributed by atoms with Gasteiger partial charge in [-0.05, 0) is 30.7 Å². The van der Waals surface area contributed by atoms with Gasteiger partial charge in [0.2, 0.25) is 0 Å². The fraction of sp³-hybridized carbons (Fsp3) is 0.286. The van der Waals surface area contributed by atoms with Crippen LogP contribution >= 0.6 is 0 Å². The highest BCUT2D eigenvalue weighted by Crippen LogP contribution is 2.29. The van der Waals surface area contributed by atoms with E-state index in [1.54, 1.807) is 0 Å². The van der Waals surface area contributed by atoms with Crippen molar-refractivity contribution in [1.29, 1.82) is 0 Å². The van der Waals surface area contributed by atoms with Crippen LogP contribution in [0.3, 0.4) is 0 Å². The summed E-state index contributed by atoms with van der Waals surface area (Å²) in [5.41, 5.74) is -0.835. The van der Waals surface area contributed by atoms with Gasteiger partial charge in [0.05, 0.1) is 0 Å². The minimum absolute atomic E-state index is 0.0969. The zero-order valence-corrected chi connectivity index (χ0v) is 12.5. The standard InChI is InChI=1S/C14H12F5N3O2/c1-7-5-8(24-13(15)16)3-4-9(7)20-12(23)10-6-11(14(17,18)19)21-22(10)2/h3-6,13H,1-2H3,(H,20,23). The van der Waals surface area contributed by atoms with Gasteiger partial charge in [0, 0.05) is 18.8 Å². The summed E-state index contributed by atoms with van der Waals surface area (Å²) in [6, 6.07) is 4.41. The Bertz CT molecular complexity index is 755. The van der Waals surface area contributed by atoms with Crippen LogP contribution in [0, 0.1) is 6.92 Å². The Labute approximate surface area is 133 Å². The Balaban J connectivity index is 2.20. The molecule has 1 amide bonds. The van der Waals surface area contributed by atoms with Crippen LogP contribution in [0.15, 0.2) is 24.3 Å². The third kappa shape index (κ3) is 4.00. The number of nitrogens with zero attached hydrogens (tertiary/aromatic N) is 2. The highest BCUT2D eigenvalue weighted by molar-refractivity contribution is 6.03. The monoisotopic (exact) mass is 349 g/mol. The first-order chi connectivity index (χ1) is 11.1. The number of ether oxygens (including phenoxy) is 1. The molecule has 24 heavy (non-hydrogen) atoms. The SMILES string of the molecule is Cc1cc(OC(F)F)ccc1NC(=O)c1cc(C(F)(F)F)nn1C. The number of nitrogens with one attached hydrogen (secondary N) is 1. The Morgan fingerprint density at radius 1 is 1.29 bits per heavy atom. The number of rotatable bonds is 4. The minimum atomic E-state index is -4.67. The van der Waals surface area contributed by atoms with Crippen molar-refractivity contribution in [1.82, 2.24) is 9.78 Å². The number of halogens is 5. The van der Waals surface area contributed by atoms with Gasteiger partial charge in [-0.15, -0.1) is 0 Å². The van der Waals surface area contributed by atoms with Crippen molar-refractivity contribution >= 4 is 11.6 Å². The average molecular weight is 349 g/mol. The molecule has 10 heteroatoms. The smallest absolute Gasteiger partial charge is 0.435 e. The van der Waals surface area contributed by atoms with E-state index in [2.05, 4.69) is 15.2 Å².